The molecule has 1 amide bonds. The fraction of sp³-hybridized carbons (Fsp3) is 0.556. The Hall–Kier alpha value is -1.50. The number of nitrogens with zero attached hydrogens (tertiary/aromatic N) is 2. The summed E-state index contributed by atoms with van der Waals surface area (Å²) in [5, 5.41) is 3.17. The number of carbonyl (C=O) groups is 1. The van der Waals surface area contributed by atoms with Crippen molar-refractivity contribution in [2.45, 2.75) is 37.6 Å². The van der Waals surface area contributed by atoms with Crippen molar-refractivity contribution in [1.82, 2.24) is 9.88 Å². The van der Waals surface area contributed by atoms with Crippen LogP contribution in [0, 0.1) is 0 Å². The number of morpholine rings is 1. The van der Waals surface area contributed by atoms with E-state index in [1.807, 2.05) is 23.7 Å². The number of fused-ring (bicyclic) bond motifs is 1. The predicted molar refractivity (Wildman–Crippen MR) is 96.5 cm³/mol. The maximum atomic E-state index is 13.3. The molecular formula is C18H23N3O2S. The standard InChI is InChI=1S/C18H23N3O2S/c22-17(20-14-4-5-16-15(12-14)19-13-24-16)18(6-2-1-3-7-18)21-8-10-23-11-9-21/h4-5,12-13H,1-3,6-11H2,(H,20,22). The molecule has 1 aliphatic heterocycles. The fourth-order valence-electron chi connectivity index (χ4n) is 4.00. The van der Waals surface area contributed by atoms with Gasteiger partial charge in [0.25, 0.3) is 0 Å². The second kappa shape index (κ2) is 6.78. The first-order valence-electron chi connectivity index (χ1n) is 8.75. The number of aromatic nitrogens is 1. The van der Waals surface area contributed by atoms with Crippen molar-refractivity contribution in [3.63, 3.8) is 0 Å². The minimum atomic E-state index is -0.376. The largest absolute Gasteiger partial charge is 0.379 e. The Kier molecular flexibility index (Phi) is 4.52. The van der Waals surface area contributed by atoms with Gasteiger partial charge in [-0.3, -0.25) is 9.69 Å². The Morgan fingerprint density at radius 2 is 2.00 bits per heavy atom. The number of carbonyl (C=O) groups excluding carboxylic acids is 1. The first-order valence-corrected chi connectivity index (χ1v) is 9.63. The van der Waals surface area contributed by atoms with Gasteiger partial charge in [0.05, 0.1) is 28.9 Å². The molecule has 0 unspecified atom stereocenters. The molecule has 1 saturated heterocycles. The molecule has 4 rings (SSSR count). The van der Waals surface area contributed by atoms with Gasteiger partial charge in [-0.05, 0) is 31.0 Å². The molecule has 24 heavy (non-hydrogen) atoms. The quantitative estimate of drug-likeness (QED) is 0.928. The second-order valence-corrected chi connectivity index (χ2v) is 7.57. The highest BCUT2D eigenvalue weighted by Crippen LogP contribution is 2.35. The zero-order valence-corrected chi connectivity index (χ0v) is 14.6. The smallest absolute Gasteiger partial charge is 0.244 e. The third-order valence-corrected chi connectivity index (χ3v) is 6.12. The van der Waals surface area contributed by atoms with Gasteiger partial charge in [0, 0.05) is 18.8 Å². The molecule has 2 fully saturated rings. The molecule has 2 aliphatic rings. The Morgan fingerprint density at radius 1 is 1.21 bits per heavy atom. The summed E-state index contributed by atoms with van der Waals surface area (Å²) in [6.45, 7) is 3.14. The number of anilines is 1. The summed E-state index contributed by atoms with van der Waals surface area (Å²) in [7, 11) is 0. The van der Waals surface area contributed by atoms with E-state index in [1.165, 1.54) is 6.42 Å². The monoisotopic (exact) mass is 345 g/mol. The molecule has 0 radical (unpaired) electrons. The summed E-state index contributed by atoms with van der Waals surface area (Å²) < 4.78 is 6.64. The maximum absolute atomic E-state index is 13.3. The topological polar surface area (TPSA) is 54.5 Å². The number of ether oxygens (including phenoxy) is 1. The summed E-state index contributed by atoms with van der Waals surface area (Å²) in [6, 6.07) is 5.98. The Morgan fingerprint density at radius 3 is 2.79 bits per heavy atom. The first kappa shape index (κ1) is 16.0. The SMILES string of the molecule is O=C(Nc1ccc2scnc2c1)C1(N2CCOCC2)CCCCC1. The lowest BCUT2D eigenvalue weighted by Gasteiger charge is -2.46. The van der Waals surface area contributed by atoms with E-state index in [2.05, 4.69) is 15.2 Å². The van der Waals surface area contributed by atoms with Gasteiger partial charge in [0.2, 0.25) is 5.91 Å². The van der Waals surface area contributed by atoms with E-state index in [1.54, 1.807) is 11.3 Å². The van der Waals surface area contributed by atoms with Crippen LogP contribution in [0.15, 0.2) is 23.7 Å². The summed E-state index contributed by atoms with van der Waals surface area (Å²) >= 11 is 1.62. The molecule has 1 saturated carbocycles. The molecule has 2 aromatic rings. The normalized spacial score (nSPS) is 21.7. The molecule has 128 valence electrons. The number of rotatable bonds is 3. The third-order valence-electron chi connectivity index (χ3n) is 5.31. The molecular weight excluding hydrogens is 322 g/mol. The van der Waals surface area contributed by atoms with E-state index in [0.29, 0.717) is 0 Å². The van der Waals surface area contributed by atoms with E-state index in [9.17, 15) is 4.79 Å². The molecule has 1 aromatic heterocycles. The average Bonchev–Trinajstić information content (AvgIpc) is 3.11. The van der Waals surface area contributed by atoms with E-state index in [0.717, 1.165) is 67.9 Å². The summed E-state index contributed by atoms with van der Waals surface area (Å²) in [5.74, 6) is 0.138. The molecule has 0 atom stereocenters. The van der Waals surface area contributed by atoms with Crippen molar-refractivity contribution in [2.75, 3.05) is 31.6 Å². The van der Waals surface area contributed by atoms with Gasteiger partial charge >= 0.3 is 0 Å². The van der Waals surface area contributed by atoms with Crippen LogP contribution >= 0.6 is 11.3 Å². The highest BCUT2D eigenvalue weighted by molar-refractivity contribution is 7.16. The number of hydrogen-bond donors (Lipinski definition) is 1. The van der Waals surface area contributed by atoms with Crippen LogP contribution in [-0.4, -0.2) is 47.6 Å². The van der Waals surface area contributed by atoms with Crippen molar-refractivity contribution < 1.29 is 9.53 Å². The van der Waals surface area contributed by atoms with Crippen LogP contribution in [0.5, 0.6) is 0 Å². The number of thiazole rings is 1. The van der Waals surface area contributed by atoms with Crippen LogP contribution in [-0.2, 0) is 9.53 Å². The van der Waals surface area contributed by atoms with Gasteiger partial charge in [-0.2, -0.15) is 0 Å². The number of amides is 1. The number of hydrogen-bond acceptors (Lipinski definition) is 5. The Labute approximate surface area is 146 Å². The first-order chi connectivity index (χ1) is 11.8. The molecule has 1 aliphatic carbocycles. The van der Waals surface area contributed by atoms with Gasteiger partial charge in [0.15, 0.2) is 0 Å². The Bertz CT molecular complexity index is 718. The van der Waals surface area contributed by atoms with E-state index in [4.69, 9.17) is 4.74 Å². The summed E-state index contributed by atoms with van der Waals surface area (Å²) in [4.78, 5) is 20.0. The molecule has 1 N–H and O–H groups in total. The highest BCUT2D eigenvalue weighted by atomic mass is 32.1. The van der Waals surface area contributed by atoms with Gasteiger partial charge < -0.3 is 10.1 Å². The number of nitrogens with one attached hydrogen (secondary N) is 1. The molecule has 2 heterocycles. The molecule has 5 nitrogen and oxygen atoms in total. The molecule has 0 bridgehead atoms. The lowest BCUT2D eigenvalue weighted by Crippen LogP contribution is -2.60. The highest BCUT2D eigenvalue weighted by Gasteiger charge is 2.45. The minimum Gasteiger partial charge on any atom is -0.379 e. The molecule has 6 heteroatoms. The zero-order valence-electron chi connectivity index (χ0n) is 13.8. The Balaban J connectivity index is 1.58. The third kappa shape index (κ3) is 2.94. The van der Waals surface area contributed by atoms with Crippen molar-refractivity contribution >= 4 is 33.1 Å². The van der Waals surface area contributed by atoms with Gasteiger partial charge in [-0.15, -0.1) is 11.3 Å². The maximum Gasteiger partial charge on any atom is 0.244 e. The molecule has 1 aromatic carbocycles. The van der Waals surface area contributed by atoms with Gasteiger partial charge in [0.1, 0.15) is 5.54 Å². The second-order valence-electron chi connectivity index (χ2n) is 6.68. The average molecular weight is 345 g/mol. The van der Waals surface area contributed by atoms with Gasteiger partial charge in [-0.1, -0.05) is 19.3 Å². The lowest BCUT2D eigenvalue weighted by atomic mass is 9.79. The van der Waals surface area contributed by atoms with E-state index < -0.39 is 0 Å². The van der Waals surface area contributed by atoms with Crippen LogP contribution in [0.1, 0.15) is 32.1 Å². The van der Waals surface area contributed by atoms with Crippen molar-refractivity contribution in [3.05, 3.63) is 23.7 Å². The van der Waals surface area contributed by atoms with Crippen LogP contribution in [0.4, 0.5) is 5.69 Å². The molecule has 0 spiro atoms. The summed E-state index contributed by atoms with van der Waals surface area (Å²) in [5.41, 5.74) is 3.25. The zero-order chi connectivity index (χ0) is 16.4. The van der Waals surface area contributed by atoms with Crippen LogP contribution in [0.2, 0.25) is 0 Å². The number of benzene rings is 1. The van der Waals surface area contributed by atoms with Crippen LogP contribution in [0.3, 0.4) is 0 Å². The summed E-state index contributed by atoms with van der Waals surface area (Å²) in [6.07, 6.45) is 5.35. The van der Waals surface area contributed by atoms with E-state index in [-0.39, 0.29) is 11.4 Å². The lowest BCUT2D eigenvalue weighted by molar-refractivity contribution is -0.134. The van der Waals surface area contributed by atoms with Crippen molar-refractivity contribution in [1.29, 1.82) is 0 Å². The van der Waals surface area contributed by atoms with Crippen molar-refractivity contribution in [3.8, 4) is 0 Å². The fourth-order valence-corrected chi connectivity index (χ4v) is 4.66. The van der Waals surface area contributed by atoms with Crippen LogP contribution in [0.25, 0.3) is 10.2 Å². The van der Waals surface area contributed by atoms with Gasteiger partial charge in [-0.25, -0.2) is 4.98 Å². The predicted octanol–water partition coefficient (Wildman–Crippen LogP) is 3.27. The van der Waals surface area contributed by atoms with Crippen LogP contribution < -0.4 is 5.32 Å². The van der Waals surface area contributed by atoms with Crippen molar-refractivity contribution in [2.24, 2.45) is 0 Å². The minimum absolute atomic E-state index is 0.138. The van der Waals surface area contributed by atoms with E-state index >= 15 is 0 Å².